The molecule has 1 heterocycles. The second kappa shape index (κ2) is 4.14. The molecule has 15 heavy (non-hydrogen) atoms. The number of aliphatic hydroxyl groups excluding tert-OH is 1. The van der Waals surface area contributed by atoms with Gasteiger partial charge in [0.15, 0.2) is 0 Å². The van der Waals surface area contributed by atoms with Gasteiger partial charge in [0.05, 0.1) is 11.8 Å². The lowest BCUT2D eigenvalue weighted by Crippen LogP contribution is -2.28. The fraction of sp³-hybridized carbons (Fsp3) is 0.727. The van der Waals surface area contributed by atoms with E-state index in [2.05, 4.69) is 5.10 Å². The van der Waals surface area contributed by atoms with E-state index in [1.165, 1.54) is 0 Å². The van der Waals surface area contributed by atoms with Crippen LogP contribution in [0.4, 0.5) is 0 Å². The van der Waals surface area contributed by atoms with Crippen molar-refractivity contribution in [3.05, 3.63) is 16.4 Å². The number of aryl methyl sites for hydroxylation is 2. The first-order valence-corrected chi connectivity index (χ1v) is 5.47. The second-order valence-corrected chi connectivity index (χ2v) is 5.42. The molecule has 0 amide bonds. The summed E-state index contributed by atoms with van der Waals surface area (Å²) in [6, 6.07) is 0. The number of nitrogens with zero attached hydrogens (tertiary/aromatic N) is 2. The van der Waals surface area contributed by atoms with Crippen LogP contribution in [-0.2, 0) is 13.5 Å². The molecule has 0 saturated carbocycles. The highest BCUT2D eigenvalue weighted by atomic mass is 35.5. The monoisotopic (exact) mass is 230 g/mol. The van der Waals surface area contributed by atoms with Gasteiger partial charge < -0.3 is 5.11 Å². The first-order valence-electron chi connectivity index (χ1n) is 5.09. The van der Waals surface area contributed by atoms with E-state index < -0.39 is 6.10 Å². The van der Waals surface area contributed by atoms with Crippen LogP contribution in [0, 0.1) is 12.3 Å². The first-order chi connectivity index (χ1) is 6.73. The molecule has 1 atom stereocenters. The number of rotatable bonds is 2. The van der Waals surface area contributed by atoms with Gasteiger partial charge in [-0.05, 0) is 12.3 Å². The Labute approximate surface area is 96.1 Å². The summed E-state index contributed by atoms with van der Waals surface area (Å²) in [6.45, 7) is 7.95. The third-order valence-electron chi connectivity index (χ3n) is 2.67. The summed E-state index contributed by atoms with van der Waals surface area (Å²) < 4.78 is 1.64. The number of hydrogen-bond donors (Lipinski definition) is 1. The molecule has 0 spiro atoms. The maximum absolute atomic E-state index is 10.0. The molecular formula is C11H19ClN2O. The quantitative estimate of drug-likeness (QED) is 0.847. The van der Waals surface area contributed by atoms with Gasteiger partial charge in [-0.2, -0.15) is 5.10 Å². The van der Waals surface area contributed by atoms with Gasteiger partial charge in [-0.1, -0.05) is 32.4 Å². The summed E-state index contributed by atoms with van der Waals surface area (Å²) in [6.07, 6.45) is 0.153. The van der Waals surface area contributed by atoms with Crippen molar-refractivity contribution in [1.29, 1.82) is 0 Å². The lowest BCUT2D eigenvalue weighted by molar-refractivity contribution is 0.0635. The van der Waals surface area contributed by atoms with E-state index in [4.69, 9.17) is 11.6 Å². The predicted octanol–water partition coefficient (Wildman–Crippen LogP) is 2.33. The van der Waals surface area contributed by atoms with Crippen LogP contribution in [0.15, 0.2) is 0 Å². The molecule has 1 rings (SSSR count). The normalized spacial score (nSPS) is 14.3. The van der Waals surface area contributed by atoms with Crippen molar-refractivity contribution < 1.29 is 5.11 Å². The summed E-state index contributed by atoms with van der Waals surface area (Å²) in [4.78, 5) is 0. The number of aliphatic hydroxyl groups is 1. The third-order valence-corrected chi connectivity index (χ3v) is 3.14. The van der Waals surface area contributed by atoms with Crippen molar-refractivity contribution in [3.8, 4) is 0 Å². The van der Waals surface area contributed by atoms with Crippen LogP contribution in [0.5, 0.6) is 0 Å². The van der Waals surface area contributed by atoms with Gasteiger partial charge in [-0.25, -0.2) is 0 Å². The fourth-order valence-electron chi connectivity index (χ4n) is 1.41. The van der Waals surface area contributed by atoms with Gasteiger partial charge in [0.25, 0.3) is 0 Å². The molecule has 1 N–H and O–H groups in total. The van der Waals surface area contributed by atoms with Crippen molar-refractivity contribution in [2.75, 3.05) is 0 Å². The van der Waals surface area contributed by atoms with Crippen LogP contribution in [-0.4, -0.2) is 21.0 Å². The largest absolute Gasteiger partial charge is 0.392 e. The Hall–Kier alpha value is -0.540. The zero-order chi connectivity index (χ0) is 11.8. The standard InChI is InChI=1S/C11H19ClN2O/c1-7-8(10(12)14(5)13-7)6-9(15)11(2,3)4/h9,15H,6H2,1-5H3. The lowest BCUT2D eigenvalue weighted by atomic mass is 9.85. The summed E-state index contributed by atoms with van der Waals surface area (Å²) in [5.41, 5.74) is 1.71. The molecule has 0 fully saturated rings. The maximum Gasteiger partial charge on any atom is 0.130 e. The van der Waals surface area contributed by atoms with Crippen molar-refractivity contribution in [2.24, 2.45) is 12.5 Å². The highest BCUT2D eigenvalue weighted by Gasteiger charge is 2.25. The fourth-order valence-corrected chi connectivity index (χ4v) is 1.66. The molecule has 3 nitrogen and oxygen atoms in total. The molecule has 4 heteroatoms. The van der Waals surface area contributed by atoms with Gasteiger partial charge in [0.2, 0.25) is 0 Å². The Morgan fingerprint density at radius 2 is 2.00 bits per heavy atom. The second-order valence-electron chi connectivity index (χ2n) is 5.06. The van der Waals surface area contributed by atoms with E-state index in [1.807, 2.05) is 34.7 Å². The van der Waals surface area contributed by atoms with E-state index in [0.29, 0.717) is 11.6 Å². The van der Waals surface area contributed by atoms with Crippen LogP contribution in [0.3, 0.4) is 0 Å². The number of aromatic nitrogens is 2. The van der Waals surface area contributed by atoms with Crippen molar-refractivity contribution in [2.45, 2.75) is 40.2 Å². The summed E-state index contributed by atoms with van der Waals surface area (Å²) >= 11 is 6.10. The topological polar surface area (TPSA) is 38.0 Å². The molecule has 0 aliphatic rings. The molecule has 0 aromatic carbocycles. The molecule has 1 unspecified atom stereocenters. The minimum atomic E-state index is -0.405. The summed E-state index contributed by atoms with van der Waals surface area (Å²) in [5.74, 6) is 0. The van der Waals surface area contributed by atoms with Crippen LogP contribution >= 0.6 is 11.6 Å². The molecule has 1 aromatic rings. The Morgan fingerprint density at radius 3 is 2.33 bits per heavy atom. The van der Waals surface area contributed by atoms with Gasteiger partial charge in [-0.15, -0.1) is 0 Å². The molecule has 0 radical (unpaired) electrons. The van der Waals surface area contributed by atoms with Gasteiger partial charge in [0.1, 0.15) is 5.15 Å². The predicted molar refractivity (Wildman–Crippen MR) is 62.1 cm³/mol. The van der Waals surface area contributed by atoms with Crippen LogP contribution in [0.1, 0.15) is 32.0 Å². The highest BCUT2D eigenvalue weighted by Crippen LogP contribution is 2.27. The first kappa shape index (κ1) is 12.5. The van der Waals surface area contributed by atoms with Crippen LogP contribution < -0.4 is 0 Å². The Kier molecular flexibility index (Phi) is 3.46. The van der Waals surface area contributed by atoms with Crippen LogP contribution in [0.25, 0.3) is 0 Å². The van der Waals surface area contributed by atoms with E-state index >= 15 is 0 Å². The van der Waals surface area contributed by atoms with E-state index in [-0.39, 0.29) is 5.41 Å². The van der Waals surface area contributed by atoms with Gasteiger partial charge in [-0.3, -0.25) is 4.68 Å². The Morgan fingerprint density at radius 1 is 1.47 bits per heavy atom. The molecule has 86 valence electrons. The van der Waals surface area contributed by atoms with Gasteiger partial charge >= 0.3 is 0 Å². The minimum Gasteiger partial charge on any atom is -0.392 e. The minimum absolute atomic E-state index is 0.133. The zero-order valence-electron chi connectivity index (χ0n) is 10.0. The van der Waals surface area contributed by atoms with E-state index in [0.717, 1.165) is 11.3 Å². The zero-order valence-corrected chi connectivity index (χ0v) is 10.8. The Bertz CT molecular complexity index is 352. The van der Waals surface area contributed by atoms with E-state index in [9.17, 15) is 5.11 Å². The Balaban J connectivity index is 2.90. The highest BCUT2D eigenvalue weighted by molar-refractivity contribution is 6.30. The molecule has 0 bridgehead atoms. The molecule has 0 saturated heterocycles. The number of hydrogen-bond acceptors (Lipinski definition) is 2. The van der Waals surface area contributed by atoms with E-state index in [1.54, 1.807) is 4.68 Å². The smallest absolute Gasteiger partial charge is 0.130 e. The molecule has 0 aliphatic heterocycles. The van der Waals surface area contributed by atoms with Crippen molar-refractivity contribution >= 4 is 11.6 Å². The van der Waals surface area contributed by atoms with Gasteiger partial charge in [0, 0.05) is 19.0 Å². The molecular weight excluding hydrogens is 212 g/mol. The summed E-state index contributed by atoms with van der Waals surface area (Å²) in [7, 11) is 1.81. The SMILES string of the molecule is Cc1nn(C)c(Cl)c1CC(O)C(C)(C)C. The lowest BCUT2D eigenvalue weighted by Gasteiger charge is -2.25. The maximum atomic E-state index is 10.0. The molecule has 1 aromatic heterocycles. The average molecular weight is 231 g/mol. The van der Waals surface area contributed by atoms with Crippen LogP contribution in [0.2, 0.25) is 5.15 Å². The molecule has 0 aliphatic carbocycles. The third kappa shape index (κ3) is 2.73. The van der Waals surface area contributed by atoms with Crippen molar-refractivity contribution in [3.63, 3.8) is 0 Å². The number of halogens is 1. The van der Waals surface area contributed by atoms with Crippen molar-refractivity contribution in [1.82, 2.24) is 9.78 Å². The summed E-state index contributed by atoms with van der Waals surface area (Å²) in [5, 5.41) is 14.8. The average Bonchev–Trinajstić information content (AvgIpc) is 2.30.